The first-order chi connectivity index (χ1) is 11.5. The van der Waals surface area contributed by atoms with E-state index >= 15 is 0 Å². The number of nitrogens with one attached hydrogen (secondary N) is 2. The van der Waals surface area contributed by atoms with Crippen LogP contribution in [0.4, 0.5) is 0 Å². The molecule has 0 heterocycles. The quantitative estimate of drug-likeness (QED) is 0.739. The predicted octanol–water partition coefficient (Wildman–Crippen LogP) is 1.49. The van der Waals surface area contributed by atoms with Crippen molar-refractivity contribution < 1.29 is 14.4 Å². The number of hydrogen-bond donors (Lipinski definition) is 3. The van der Waals surface area contributed by atoms with Gasteiger partial charge in [-0.25, -0.2) is 0 Å². The summed E-state index contributed by atoms with van der Waals surface area (Å²) in [6.07, 6.45) is 0. The van der Waals surface area contributed by atoms with Crippen LogP contribution in [0.15, 0.2) is 48.5 Å². The molecule has 0 aromatic heterocycles. The molecule has 6 nitrogen and oxygen atoms in total. The van der Waals surface area contributed by atoms with Gasteiger partial charge >= 0.3 is 0 Å². The predicted molar refractivity (Wildman–Crippen MR) is 90.6 cm³/mol. The maximum absolute atomic E-state index is 11.9. The molecule has 0 aliphatic rings. The van der Waals surface area contributed by atoms with Crippen molar-refractivity contribution in [3.05, 3.63) is 70.2 Å². The van der Waals surface area contributed by atoms with Gasteiger partial charge in [0, 0.05) is 12.1 Å². The molecule has 124 valence electrons. The number of carbonyl (C=O) groups excluding carboxylic acids is 3. The first kappa shape index (κ1) is 17.5. The van der Waals surface area contributed by atoms with Gasteiger partial charge in [0.2, 0.25) is 11.8 Å². The molecule has 2 aromatic carbocycles. The Hall–Kier alpha value is -2.86. The van der Waals surface area contributed by atoms with E-state index in [1.165, 1.54) is 0 Å². The highest BCUT2D eigenvalue weighted by Gasteiger charge is 2.11. The van der Waals surface area contributed by atoms with Gasteiger partial charge in [0.05, 0.1) is 17.1 Å². The van der Waals surface area contributed by atoms with Crippen molar-refractivity contribution in [2.24, 2.45) is 5.73 Å². The second-order valence-electron chi connectivity index (χ2n) is 5.00. The number of primary amides is 1. The normalized spacial score (nSPS) is 10.0. The number of amides is 3. The second kappa shape index (κ2) is 8.12. The van der Waals surface area contributed by atoms with Crippen LogP contribution >= 0.6 is 11.6 Å². The molecule has 0 unspecified atom stereocenters. The average molecular weight is 346 g/mol. The van der Waals surface area contributed by atoms with E-state index in [-0.39, 0.29) is 19.0 Å². The fourth-order valence-corrected chi connectivity index (χ4v) is 2.22. The summed E-state index contributed by atoms with van der Waals surface area (Å²) in [7, 11) is 0. The highest BCUT2D eigenvalue weighted by atomic mass is 35.5. The first-order valence-corrected chi connectivity index (χ1v) is 7.53. The molecule has 2 aromatic rings. The third kappa shape index (κ3) is 4.82. The molecule has 0 aliphatic carbocycles. The minimum absolute atomic E-state index is 0.181. The third-order valence-electron chi connectivity index (χ3n) is 3.23. The summed E-state index contributed by atoms with van der Waals surface area (Å²) in [5.41, 5.74) is 6.61. The lowest BCUT2D eigenvalue weighted by Crippen LogP contribution is -2.36. The molecular weight excluding hydrogens is 330 g/mol. The van der Waals surface area contributed by atoms with Crippen LogP contribution in [0.1, 0.15) is 26.3 Å². The molecule has 24 heavy (non-hydrogen) atoms. The van der Waals surface area contributed by atoms with Crippen molar-refractivity contribution in [3.63, 3.8) is 0 Å². The Balaban J connectivity index is 1.84. The van der Waals surface area contributed by atoms with E-state index in [4.69, 9.17) is 17.3 Å². The summed E-state index contributed by atoms with van der Waals surface area (Å²) < 4.78 is 0. The largest absolute Gasteiger partial charge is 0.366 e. The van der Waals surface area contributed by atoms with Crippen LogP contribution in [0, 0.1) is 0 Å². The Morgan fingerprint density at radius 2 is 1.75 bits per heavy atom. The fraction of sp³-hybridized carbons (Fsp3) is 0.118. The molecule has 0 spiro atoms. The zero-order valence-electron chi connectivity index (χ0n) is 12.7. The number of halogens is 1. The van der Waals surface area contributed by atoms with Crippen LogP contribution in [0.2, 0.25) is 5.02 Å². The van der Waals surface area contributed by atoms with E-state index in [2.05, 4.69) is 10.6 Å². The van der Waals surface area contributed by atoms with Crippen molar-refractivity contribution in [1.29, 1.82) is 0 Å². The molecule has 0 fully saturated rings. The van der Waals surface area contributed by atoms with Crippen molar-refractivity contribution in [3.8, 4) is 0 Å². The summed E-state index contributed by atoms with van der Waals surface area (Å²) >= 11 is 5.92. The first-order valence-electron chi connectivity index (χ1n) is 7.15. The van der Waals surface area contributed by atoms with Gasteiger partial charge < -0.3 is 16.4 Å². The van der Waals surface area contributed by atoms with Crippen LogP contribution < -0.4 is 16.4 Å². The van der Waals surface area contributed by atoms with Crippen LogP contribution in [0.25, 0.3) is 0 Å². The molecule has 7 heteroatoms. The molecule has 0 saturated carbocycles. The number of rotatable bonds is 6. The maximum Gasteiger partial charge on any atom is 0.253 e. The summed E-state index contributed by atoms with van der Waals surface area (Å²) in [5.74, 6) is -1.32. The lowest BCUT2D eigenvalue weighted by atomic mass is 10.1. The molecule has 0 atom stereocenters. The molecule has 3 amide bonds. The van der Waals surface area contributed by atoms with E-state index < -0.39 is 11.8 Å². The molecule has 0 radical (unpaired) electrons. The highest BCUT2D eigenvalue weighted by Crippen LogP contribution is 2.14. The zero-order valence-corrected chi connectivity index (χ0v) is 13.5. The lowest BCUT2D eigenvalue weighted by molar-refractivity contribution is -0.120. The minimum Gasteiger partial charge on any atom is -0.366 e. The SMILES string of the molecule is NC(=O)c1cccc(CNC(=O)CNC(=O)c2ccccc2Cl)c1. The Kier molecular flexibility index (Phi) is 5.92. The molecule has 0 bridgehead atoms. The van der Waals surface area contributed by atoms with E-state index in [1.807, 2.05) is 0 Å². The summed E-state index contributed by atoms with van der Waals surface area (Å²) in [6, 6.07) is 13.2. The molecule has 2 rings (SSSR count). The van der Waals surface area contributed by atoms with Crippen molar-refractivity contribution in [1.82, 2.24) is 10.6 Å². The van der Waals surface area contributed by atoms with E-state index in [9.17, 15) is 14.4 Å². The van der Waals surface area contributed by atoms with Crippen molar-refractivity contribution in [2.75, 3.05) is 6.54 Å². The van der Waals surface area contributed by atoms with Gasteiger partial charge in [-0.3, -0.25) is 14.4 Å². The topological polar surface area (TPSA) is 101 Å². The van der Waals surface area contributed by atoms with E-state index in [1.54, 1.807) is 48.5 Å². The van der Waals surface area contributed by atoms with Gasteiger partial charge in [-0.1, -0.05) is 35.9 Å². The fourth-order valence-electron chi connectivity index (χ4n) is 2.00. The second-order valence-corrected chi connectivity index (χ2v) is 5.41. The maximum atomic E-state index is 11.9. The lowest BCUT2D eigenvalue weighted by Gasteiger charge is -2.08. The molecule has 0 saturated heterocycles. The standard InChI is InChI=1S/C17H16ClN3O3/c18-14-7-2-1-6-13(14)17(24)21-10-15(22)20-9-11-4-3-5-12(8-11)16(19)23/h1-8H,9-10H2,(H2,19,23)(H,20,22)(H,21,24). The molecular formula is C17H16ClN3O3. The van der Waals surface area contributed by atoms with Gasteiger partial charge in [0.1, 0.15) is 0 Å². The van der Waals surface area contributed by atoms with Gasteiger partial charge in [-0.2, -0.15) is 0 Å². The van der Waals surface area contributed by atoms with Gasteiger partial charge in [-0.05, 0) is 29.8 Å². The highest BCUT2D eigenvalue weighted by molar-refractivity contribution is 6.33. The summed E-state index contributed by atoms with van der Waals surface area (Å²) in [4.78, 5) is 34.8. The number of benzene rings is 2. The van der Waals surface area contributed by atoms with E-state index in [0.717, 1.165) is 5.56 Å². The van der Waals surface area contributed by atoms with Crippen LogP contribution in [-0.4, -0.2) is 24.3 Å². The Morgan fingerprint density at radius 3 is 2.46 bits per heavy atom. The van der Waals surface area contributed by atoms with Crippen LogP contribution in [0.5, 0.6) is 0 Å². The number of hydrogen-bond acceptors (Lipinski definition) is 3. The monoisotopic (exact) mass is 345 g/mol. The van der Waals surface area contributed by atoms with E-state index in [0.29, 0.717) is 16.1 Å². The Labute approximate surface area is 144 Å². The van der Waals surface area contributed by atoms with Gasteiger partial charge in [-0.15, -0.1) is 0 Å². The number of carbonyl (C=O) groups is 3. The van der Waals surface area contributed by atoms with Crippen LogP contribution in [-0.2, 0) is 11.3 Å². The van der Waals surface area contributed by atoms with Crippen LogP contribution in [0.3, 0.4) is 0 Å². The smallest absolute Gasteiger partial charge is 0.253 e. The van der Waals surface area contributed by atoms with Crippen molar-refractivity contribution >= 4 is 29.3 Å². The zero-order chi connectivity index (χ0) is 17.5. The van der Waals surface area contributed by atoms with Crippen molar-refractivity contribution in [2.45, 2.75) is 6.54 Å². The molecule has 0 aliphatic heterocycles. The van der Waals surface area contributed by atoms with Gasteiger partial charge in [0.25, 0.3) is 5.91 Å². The van der Waals surface area contributed by atoms with Gasteiger partial charge in [0.15, 0.2) is 0 Å². The number of nitrogens with two attached hydrogens (primary N) is 1. The minimum atomic E-state index is -0.532. The molecule has 4 N–H and O–H groups in total. The average Bonchev–Trinajstić information content (AvgIpc) is 2.58. The third-order valence-corrected chi connectivity index (χ3v) is 3.56. The summed E-state index contributed by atoms with van der Waals surface area (Å²) in [5, 5.41) is 5.46. The Morgan fingerprint density at radius 1 is 1.00 bits per heavy atom. The summed E-state index contributed by atoms with van der Waals surface area (Å²) in [6.45, 7) is 0.0431. The Bertz CT molecular complexity index is 777.